The lowest BCUT2D eigenvalue weighted by molar-refractivity contribution is 0.995. The average Bonchev–Trinajstić information content (AvgIpc) is 2.27. The van der Waals surface area contributed by atoms with E-state index in [0.717, 1.165) is 24.8 Å². The van der Waals surface area contributed by atoms with E-state index in [1.165, 1.54) is 0 Å². The molecule has 0 amide bonds. The average molecular weight is 200 g/mol. The van der Waals surface area contributed by atoms with Crippen molar-refractivity contribution in [1.82, 2.24) is 0 Å². The number of rotatable bonds is 2. The molecule has 15 heavy (non-hydrogen) atoms. The molecule has 0 aromatic heterocycles. The summed E-state index contributed by atoms with van der Waals surface area (Å²) < 4.78 is 0. The van der Waals surface area contributed by atoms with Gasteiger partial charge in [-0.2, -0.15) is 0 Å². The monoisotopic (exact) mass is 200 g/mol. The number of hydrogen-bond donors (Lipinski definition) is 0. The first-order chi connectivity index (χ1) is 7.31. The van der Waals surface area contributed by atoms with Crippen LogP contribution in [0.2, 0.25) is 0 Å². The lowest BCUT2D eigenvalue weighted by Gasteiger charge is -1.82. The van der Waals surface area contributed by atoms with Gasteiger partial charge in [0.1, 0.15) is 0 Å². The molecule has 0 N–H and O–H groups in total. The van der Waals surface area contributed by atoms with Crippen molar-refractivity contribution in [2.75, 3.05) is 0 Å². The molecule has 0 bridgehead atoms. The van der Waals surface area contributed by atoms with E-state index < -0.39 is 0 Å². The van der Waals surface area contributed by atoms with Crippen LogP contribution >= 0.6 is 0 Å². The Labute approximate surface area is 94.7 Å². The zero-order chi connectivity index (χ0) is 11.4. The standard InChI is InChI=1S/C8H13.C7H7/c1-3-5-7-8-6-4-2;1-7-5-3-2-4-6-7/h3H,4-5,7H2,1-2H3;2-6H,1H2. The van der Waals surface area contributed by atoms with Gasteiger partial charge in [-0.15, -0.1) is 11.8 Å². The van der Waals surface area contributed by atoms with E-state index in [2.05, 4.69) is 39.0 Å². The van der Waals surface area contributed by atoms with Gasteiger partial charge in [-0.1, -0.05) is 44.2 Å². The predicted molar refractivity (Wildman–Crippen MR) is 68.2 cm³/mol. The Balaban J connectivity index is 0.000000262. The summed E-state index contributed by atoms with van der Waals surface area (Å²) in [6.07, 6.45) is 5.30. The predicted octanol–water partition coefficient (Wildman–Crippen LogP) is 4.27. The first-order valence-electron chi connectivity index (χ1n) is 5.41. The summed E-state index contributed by atoms with van der Waals surface area (Å²) >= 11 is 0. The molecule has 0 aliphatic rings. The van der Waals surface area contributed by atoms with Crippen molar-refractivity contribution in [3.8, 4) is 11.8 Å². The van der Waals surface area contributed by atoms with E-state index in [1.807, 2.05) is 30.3 Å². The molecule has 1 aromatic carbocycles. The van der Waals surface area contributed by atoms with Gasteiger partial charge in [-0.25, -0.2) is 0 Å². The highest BCUT2D eigenvalue weighted by atomic mass is 13.8. The van der Waals surface area contributed by atoms with E-state index in [1.54, 1.807) is 0 Å². The molecule has 0 spiro atoms. The molecular weight excluding hydrogens is 180 g/mol. The van der Waals surface area contributed by atoms with Crippen molar-refractivity contribution in [3.63, 3.8) is 0 Å². The Morgan fingerprint density at radius 3 is 2.27 bits per heavy atom. The molecule has 2 radical (unpaired) electrons. The molecule has 80 valence electrons. The van der Waals surface area contributed by atoms with Gasteiger partial charge in [0.05, 0.1) is 0 Å². The Hall–Kier alpha value is -1.22. The van der Waals surface area contributed by atoms with Crippen LogP contribution in [-0.4, -0.2) is 0 Å². The largest absolute Gasteiger partial charge is 0.104 e. The highest BCUT2D eigenvalue weighted by Crippen LogP contribution is 1.92. The zero-order valence-corrected chi connectivity index (χ0v) is 9.79. The summed E-state index contributed by atoms with van der Waals surface area (Å²) in [4.78, 5) is 0. The minimum Gasteiger partial charge on any atom is -0.104 e. The second-order valence-corrected chi connectivity index (χ2v) is 3.14. The molecule has 0 saturated carbocycles. The maximum Gasteiger partial charge on any atom is 0.00913 e. The van der Waals surface area contributed by atoms with E-state index in [4.69, 9.17) is 0 Å². The van der Waals surface area contributed by atoms with Crippen molar-refractivity contribution in [3.05, 3.63) is 49.2 Å². The van der Waals surface area contributed by atoms with Gasteiger partial charge in [-0.3, -0.25) is 0 Å². The van der Waals surface area contributed by atoms with Gasteiger partial charge >= 0.3 is 0 Å². The summed E-state index contributed by atoms with van der Waals surface area (Å²) in [5.74, 6) is 6.07. The Bertz CT molecular complexity index is 274. The molecular formula is C15H20. The van der Waals surface area contributed by atoms with Crippen LogP contribution in [0.1, 0.15) is 38.7 Å². The highest BCUT2D eigenvalue weighted by molar-refractivity contribution is 5.16. The van der Waals surface area contributed by atoms with Crippen LogP contribution in [0.25, 0.3) is 0 Å². The van der Waals surface area contributed by atoms with Crippen LogP contribution in [0.15, 0.2) is 30.3 Å². The first kappa shape index (κ1) is 13.8. The lowest BCUT2D eigenvalue weighted by Crippen LogP contribution is -1.66. The smallest absolute Gasteiger partial charge is 0.00913 e. The second-order valence-electron chi connectivity index (χ2n) is 3.14. The van der Waals surface area contributed by atoms with Crippen LogP contribution in [-0.2, 0) is 0 Å². The van der Waals surface area contributed by atoms with Crippen molar-refractivity contribution < 1.29 is 0 Å². The van der Waals surface area contributed by atoms with Gasteiger partial charge < -0.3 is 0 Å². The zero-order valence-electron chi connectivity index (χ0n) is 9.79. The topological polar surface area (TPSA) is 0 Å². The second kappa shape index (κ2) is 10.9. The van der Waals surface area contributed by atoms with Crippen LogP contribution in [0.3, 0.4) is 0 Å². The summed E-state index contributed by atoms with van der Waals surface area (Å²) in [6, 6.07) is 9.87. The van der Waals surface area contributed by atoms with Crippen molar-refractivity contribution >= 4 is 0 Å². The number of hydrogen-bond acceptors (Lipinski definition) is 0. The van der Waals surface area contributed by atoms with Gasteiger partial charge in [0.25, 0.3) is 0 Å². The van der Waals surface area contributed by atoms with E-state index in [0.29, 0.717) is 0 Å². The molecule has 0 heterocycles. The SMILES string of the molecule is C[CH]CCC#CCC.[CH2]c1ccccc1. The Morgan fingerprint density at radius 1 is 1.20 bits per heavy atom. The van der Waals surface area contributed by atoms with Crippen LogP contribution < -0.4 is 0 Å². The van der Waals surface area contributed by atoms with Gasteiger partial charge in [0, 0.05) is 12.8 Å². The van der Waals surface area contributed by atoms with Gasteiger partial charge in [0.2, 0.25) is 0 Å². The third kappa shape index (κ3) is 10.7. The van der Waals surface area contributed by atoms with Crippen molar-refractivity contribution in [2.45, 2.75) is 33.1 Å². The van der Waals surface area contributed by atoms with Crippen LogP contribution in [0.4, 0.5) is 0 Å². The molecule has 1 rings (SSSR count). The Kier molecular flexibility index (Phi) is 9.98. The molecule has 0 fully saturated rings. The minimum absolute atomic E-state index is 0.990. The number of unbranched alkanes of at least 4 members (excludes halogenated alkanes) is 2. The summed E-state index contributed by atoms with van der Waals surface area (Å²) in [5.41, 5.74) is 1.07. The van der Waals surface area contributed by atoms with Crippen molar-refractivity contribution in [2.24, 2.45) is 0 Å². The quantitative estimate of drug-likeness (QED) is 0.494. The fourth-order valence-corrected chi connectivity index (χ4v) is 0.908. The maximum atomic E-state index is 3.72. The van der Waals surface area contributed by atoms with Crippen molar-refractivity contribution in [1.29, 1.82) is 0 Å². The molecule has 0 atom stereocenters. The van der Waals surface area contributed by atoms with Gasteiger partial charge in [0.15, 0.2) is 0 Å². The molecule has 0 nitrogen and oxygen atoms in total. The van der Waals surface area contributed by atoms with E-state index in [-0.39, 0.29) is 0 Å². The summed E-state index contributed by atoms with van der Waals surface area (Å²) in [7, 11) is 0. The van der Waals surface area contributed by atoms with Crippen LogP contribution in [0.5, 0.6) is 0 Å². The van der Waals surface area contributed by atoms with Crippen LogP contribution in [0, 0.1) is 25.2 Å². The fourth-order valence-electron chi connectivity index (χ4n) is 0.908. The lowest BCUT2D eigenvalue weighted by atomic mass is 10.2. The molecule has 0 unspecified atom stereocenters. The van der Waals surface area contributed by atoms with E-state index in [9.17, 15) is 0 Å². The molecule has 0 heteroatoms. The summed E-state index contributed by atoms with van der Waals surface area (Å²) in [6.45, 7) is 7.86. The molecule has 0 aliphatic carbocycles. The minimum atomic E-state index is 0.990. The highest BCUT2D eigenvalue weighted by Gasteiger charge is 1.74. The molecule has 0 aliphatic heterocycles. The first-order valence-corrected chi connectivity index (χ1v) is 5.41. The number of benzene rings is 1. The van der Waals surface area contributed by atoms with E-state index >= 15 is 0 Å². The third-order valence-corrected chi connectivity index (χ3v) is 1.70. The normalized spacial score (nSPS) is 8.20. The Morgan fingerprint density at radius 2 is 1.87 bits per heavy atom. The molecule has 1 aromatic rings. The van der Waals surface area contributed by atoms with Gasteiger partial charge in [-0.05, 0) is 25.3 Å². The molecule has 0 saturated heterocycles. The maximum absolute atomic E-state index is 3.72. The third-order valence-electron chi connectivity index (χ3n) is 1.70. The summed E-state index contributed by atoms with van der Waals surface area (Å²) in [5, 5.41) is 0. The fraction of sp³-hybridized carbons (Fsp3) is 0.333.